The highest BCUT2D eigenvalue weighted by Crippen LogP contribution is 2.36. The van der Waals surface area contributed by atoms with Crippen molar-refractivity contribution in [2.24, 2.45) is 0 Å². The zero-order valence-electron chi connectivity index (χ0n) is 9.37. The number of carbonyl (C=O) groups is 1. The van der Waals surface area contributed by atoms with Crippen LogP contribution in [0.2, 0.25) is 5.02 Å². The quantitative estimate of drug-likeness (QED) is 0.789. The fourth-order valence-electron chi connectivity index (χ4n) is 2.52. The number of halogens is 1. The SMILES string of the molecule is O=C1Nc2cc(Cl)ccc2C1N1CCNCC1. The van der Waals surface area contributed by atoms with Gasteiger partial charge in [0.25, 0.3) is 0 Å². The molecule has 5 heteroatoms. The Morgan fingerprint density at radius 1 is 1.29 bits per heavy atom. The molecule has 1 atom stereocenters. The van der Waals surface area contributed by atoms with Crippen molar-refractivity contribution in [1.82, 2.24) is 10.2 Å². The third-order valence-electron chi connectivity index (χ3n) is 3.33. The van der Waals surface area contributed by atoms with Gasteiger partial charge >= 0.3 is 0 Å². The number of rotatable bonds is 1. The van der Waals surface area contributed by atoms with Gasteiger partial charge in [-0.3, -0.25) is 9.69 Å². The Labute approximate surface area is 105 Å². The van der Waals surface area contributed by atoms with Crippen molar-refractivity contribution >= 4 is 23.2 Å². The number of piperazine rings is 1. The Morgan fingerprint density at radius 3 is 2.82 bits per heavy atom. The first kappa shape index (κ1) is 11.0. The van der Waals surface area contributed by atoms with Gasteiger partial charge in [-0.2, -0.15) is 0 Å². The Balaban J connectivity index is 1.93. The second kappa shape index (κ2) is 4.29. The Kier molecular flexibility index (Phi) is 2.78. The van der Waals surface area contributed by atoms with Crippen LogP contribution in [0.15, 0.2) is 18.2 Å². The van der Waals surface area contributed by atoms with Crippen LogP contribution in [-0.4, -0.2) is 37.0 Å². The lowest BCUT2D eigenvalue weighted by atomic mass is 10.1. The van der Waals surface area contributed by atoms with Gasteiger partial charge in [0.2, 0.25) is 5.91 Å². The molecule has 2 aliphatic heterocycles. The molecule has 1 fully saturated rings. The predicted octanol–water partition coefficient (Wildman–Crippen LogP) is 1.24. The van der Waals surface area contributed by atoms with Crippen molar-refractivity contribution < 1.29 is 4.79 Å². The zero-order chi connectivity index (χ0) is 11.8. The molecule has 0 aromatic heterocycles. The minimum absolute atomic E-state index is 0.0594. The summed E-state index contributed by atoms with van der Waals surface area (Å²) in [5.41, 5.74) is 1.90. The van der Waals surface area contributed by atoms with E-state index in [0.29, 0.717) is 5.02 Å². The third-order valence-corrected chi connectivity index (χ3v) is 3.57. The van der Waals surface area contributed by atoms with Gasteiger partial charge in [0.15, 0.2) is 0 Å². The van der Waals surface area contributed by atoms with Crippen molar-refractivity contribution in [3.63, 3.8) is 0 Å². The van der Waals surface area contributed by atoms with Crippen LogP contribution < -0.4 is 10.6 Å². The van der Waals surface area contributed by atoms with Crippen LogP contribution in [-0.2, 0) is 4.79 Å². The molecule has 0 saturated carbocycles. The molecule has 1 unspecified atom stereocenters. The number of nitrogens with zero attached hydrogens (tertiary/aromatic N) is 1. The monoisotopic (exact) mass is 251 g/mol. The van der Waals surface area contributed by atoms with E-state index in [0.717, 1.165) is 37.4 Å². The van der Waals surface area contributed by atoms with Gasteiger partial charge < -0.3 is 10.6 Å². The summed E-state index contributed by atoms with van der Waals surface area (Å²) in [5.74, 6) is 0.0594. The van der Waals surface area contributed by atoms with E-state index in [-0.39, 0.29) is 11.9 Å². The second-order valence-electron chi connectivity index (χ2n) is 4.41. The van der Waals surface area contributed by atoms with E-state index in [2.05, 4.69) is 15.5 Å². The molecule has 2 N–H and O–H groups in total. The summed E-state index contributed by atoms with van der Waals surface area (Å²) in [7, 11) is 0. The van der Waals surface area contributed by atoms with E-state index in [1.807, 2.05) is 18.2 Å². The van der Waals surface area contributed by atoms with E-state index in [1.165, 1.54) is 0 Å². The summed E-state index contributed by atoms with van der Waals surface area (Å²) in [6.07, 6.45) is 0. The molecule has 0 radical (unpaired) electrons. The minimum Gasteiger partial charge on any atom is -0.324 e. The Morgan fingerprint density at radius 2 is 2.06 bits per heavy atom. The molecule has 1 aromatic rings. The lowest BCUT2D eigenvalue weighted by Gasteiger charge is -2.31. The highest BCUT2D eigenvalue weighted by Gasteiger charge is 2.35. The maximum atomic E-state index is 12.0. The molecule has 17 heavy (non-hydrogen) atoms. The van der Waals surface area contributed by atoms with Gasteiger partial charge in [-0.25, -0.2) is 0 Å². The molecule has 2 aliphatic rings. The van der Waals surface area contributed by atoms with Gasteiger partial charge in [-0.05, 0) is 12.1 Å². The van der Waals surface area contributed by atoms with Crippen LogP contribution in [0.5, 0.6) is 0 Å². The van der Waals surface area contributed by atoms with Crippen LogP contribution >= 0.6 is 11.6 Å². The van der Waals surface area contributed by atoms with Crippen LogP contribution in [0.25, 0.3) is 0 Å². The van der Waals surface area contributed by atoms with Crippen molar-refractivity contribution in [3.05, 3.63) is 28.8 Å². The lowest BCUT2D eigenvalue weighted by molar-refractivity contribution is -0.121. The van der Waals surface area contributed by atoms with Crippen LogP contribution in [0.1, 0.15) is 11.6 Å². The molecular formula is C12H14ClN3O. The summed E-state index contributed by atoms with van der Waals surface area (Å²) in [6.45, 7) is 3.68. The smallest absolute Gasteiger partial charge is 0.246 e. The third kappa shape index (κ3) is 1.92. The lowest BCUT2D eigenvalue weighted by Crippen LogP contribution is -2.46. The van der Waals surface area contributed by atoms with Gasteiger partial charge in [0.05, 0.1) is 0 Å². The predicted molar refractivity (Wildman–Crippen MR) is 67.3 cm³/mol. The number of amides is 1. The molecule has 2 heterocycles. The highest BCUT2D eigenvalue weighted by atomic mass is 35.5. The maximum Gasteiger partial charge on any atom is 0.246 e. The molecule has 90 valence electrons. The van der Waals surface area contributed by atoms with Gasteiger partial charge in [-0.1, -0.05) is 17.7 Å². The summed E-state index contributed by atoms with van der Waals surface area (Å²) >= 11 is 5.93. The van der Waals surface area contributed by atoms with Crippen molar-refractivity contribution in [2.45, 2.75) is 6.04 Å². The second-order valence-corrected chi connectivity index (χ2v) is 4.85. The topological polar surface area (TPSA) is 44.4 Å². The molecule has 3 rings (SSSR count). The fraction of sp³-hybridized carbons (Fsp3) is 0.417. The van der Waals surface area contributed by atoms with Crippen LogP contribution in [0.4, 0.5) is 5.69 Å². The first-order chi connectivity index (χ1) is 8.25. The molecule has 0 aliphatic carbocycles. The van der Waals surface area contributed by atoms with Gasteiger partial charge in [-0.15, -0.1) is 0 Å². The minimum atomic E-state index is -0.149. The van der Waals surface area contributed by atoms with E-state index < -0.39 is 0 Å². The number of hydrogen-bond acceptors (Lipinski definition) is 3. The number of carbonyl (C=O) groups excluding carboxylic acids is 1. The number of benzene rings is 1. The van der Waals surface area contributed by atoms with E-state index in [4.69, 9.17) is 11.6 Å². The first-order valence-electron chi connectivity index (χ1n) is 5.81. The molecule has 0 bridgehead atoms. The summed E-state index contributed by atoms with van der Waals surface area (Å²) in [5, 5.41) is 6.85. The van der Waals surface area contributed by atoms with Gasteiger partial charge in [0, 0.05) is 42.5 Å². The largest absolute Gasteiger partial charge is 0.324 e. The van der Waals surface area contributed by atoms with Crippen LogP contribution in [0, 0.1) is 0 Å². The van der Waals surface area contributed by atoms with E-state index in [1.54, 1.807) is 0 Å². The van der Waals surface area contributed by atoms with E-state index in [9.17, 15) is 4.79 Å². The average Bonchev–Trinajstić information content (AvgIpc) is 2.65. The molecule has 1 aromatic carbocycles. The van der Waals surface area contributed by atoms with Crippen molar-refractivity contribution in [3.8, 4) is 0 Å². The summed E-state index contributed by atoms with van der Waals surface area (Å²) < 4.78 is 0. The molecule has 1 saturated heterocycles. The van der Waals surface area contributed by atoms with Crippen LogP contribution in [0.3, 0.4) is 0 Å². The maximum absolute atomic E-state index is 12.0. The number of fused-ring (bicyclic) bond motifs is 1. The summed E-state index contributed by atoms with van der Waals surface area (Å²) in [6, 6.07) is 5.46. The molecule has 4 nitrogen and oxygen atoms in total. The Hall–Kier alpha value is -1.10. The standard InChI is InChI=1S/C12H14ClN3O/c13-8-1-2-9-10(7-8)15-12(17)11(9)16-5-3-14-4-6-16/h1-2,7,11,14H,3-6H2,(H,15,17). The molecule has 0 spiro atoms. The molecule has 1 amide bonds. The van der Waals surface area contributed by atoms with Gasteiger partial charge in [0.1, 0.15) is 6.04 Å². The Bertz CT molecular complexity index is 457. The van der Waals surface area contributed by atoms with E-state index >= 15 is 0 Å². The molecular weight excluding hydrogens is 238 g/mol. The van der Waals surface area contributed by atoms with Crippen molar-refractivity contribution in [2.75, 3.05) is 31.5 Å². The zero-order valence-corrected chi connectivity index (χ0v) is 10.1. The number of anilines is 1. The first-order valence-corrected chi connectivity index (χ1v) is 6.18. The highest BCUT2D eigenvalue weighted by molar-refractivity contribution is 6.31. The number of hydrogen-bond donors (Lipinski definition) is 2. The summed E-state index contributed by atoms with van der Waals surface area (Å²) in [4.78, 5) is 14.2. The average molecular weight is 252 g/mol. The normalized spacial score (nSPS) is 24.5. The van der Waals surface area contributed by atoms with Crippen molar-refractivity contribution in [1.29, 1.82) is 0 Å². The number of nitrogens with one attached hydrogen (secondary N) is 2. The fourth-order valence-corrected chi connectivity index (χ4v) is 2.69.